The second-order valence-corrected chi connectivity index (χ2v) is 4.25. The first kappa shape index (κ1) is 14.2. The number of rotatable bonds is 3. The third kappa shape index (κ3) is 4.16. The lowest BCUT2D eigenvalue weighted by Gasteiger charge is -2.33. The van der Waals surface area contributed by atoms with Gasteiger partial charge in [0.05, 0.1) is 13.0 Å². The normalized spacial score (nSPS) is 21.2. The second-order valence-electron chi connectivity index (χ2n) is 4.25. The van der Waals surface area contributed by atoms with Crippen LogP contribution in [0.1, 0.15) is 12.8 Å². The van der Waals surface area contributed by atoms with Gasteiger partial charge in [-0.05, 0) is 25.9 Å². The number of halogens is 3. The van der Waals surface area contributed by atoms with E-state index in [1.165, 1.54) is 7.11 Å². The number of carbonyl (C=O) groups is 1. The van der Waals surface area contributed by atoms with Gasteiger partial charge in [-0.2, -0.15) is 13.2 Å². The van der Waals surface area contributed by atoms with Crippen molar-refractivity contribution >= 4 is 5.97 Å². The van der Waals surface area contributed by atoms with E-state index in [1.807, 2.05) is 0 Å². The van der Waals surface area contributed by atoms with E-state index in [0.717, 1.165) is 0 Å². The Bertz CT molecular complexity index is 263. The maximum Gasteiger partial charge on any atom is 0.391 e. The van der Waals surface area contributed by atoms with Crippen molar-refractivity contribution in [2.75, 3.05) is 26.7 Å². The molecule has 17 heavy (non-hydrogen) atoms. The molecule has 0 aliphatic carbocycles. The fourth-order valence-electron chi connectivity index (χ4n) is 1.95. The van der Waals surface area contributed by atoms with Crippen LogP contribution in [-0.4, -0.2) is 49.8 Å². The molecule has 0 spiro atoms. The third-order valence-corrected chi connectivity index (χ3v) is 3.01. The van der Waals surface area contributed by atoms with Crippen LogP contribution in [0.25, 0.3) is 0 Å². The third-order valence-electron chi connectivity index (χ3n) is 3.01. The summed E-state index contributed by atoms with van der Waals surface area (Å²) in [6.07, 6.45) is -3.98. The fourth-order valence-corrected chi connectivity index (χ4v) is 1.95. The highest BCUT2D eigenvalue weighted by Crippen LogP contribution is 2.33. The Kier molecular flexibility index (Phi) is 4.76. The summed E-state index contributed by atoms with van der Waals surface area (Å²) in [5, 5.41) is 0. The van der Waals surface area contributed by atoms with E-state index in [4.69, 9.17) is 5.73 Å². The van der Waals surface area contributed by atoms with Crippen LogP contribution in [-0.2, 0) is 9.53 Å². The number of hydrogen-bond donors (Lipinski definition) is 1. The molecule has 7 heteroatoms. The number of nitrogens with zero attached hydrogens (tertiary/aromatic N) is 1. The molecule has 1 aliphatic rings. The number of piperidine rings is 1. The molecule has 0 aromatic rings. The van der Waals surface area contributed by atoms with Crippen molar-refractivity contribution in [2.24, 2.45) is 11.7 Å². The molecule has 0 bridgehead atoms. The SMILES string of the molecule is COC(=O)C(N)CN1CCC(C(F)(F)F)CC1. The van der Waals surface area contributed by atoms with Gasteiger partial charge in [0.1, 0.15) is 6.04 Å². The van der Waals surface area contributed by atoms with E-state index in [0.29, 0.717) is 13.1 Å². The highest BCUT2D eigenvalue weighted by Gasteiger charge is 2.41. The van der Waals surface area contributed by atoms with Crippen LogP contribution >= 0.6 is 0 Å². The smallest absolute Gasteiger partial charge is 0.391 e. The van der Waals surface area contributed by atoms with Crippen LogP contribution in [0.2, 0.25) is 0 Å². The molecule has 2 N–H and O–H groups in total. The molecular formula is C10H17F3N2O2. The molecule has 1 heterocycles. The molecule has 0 aromatic heterocycles. The van der Waals surface area contributed by atoms with Crippen LogP contribution in [0, 0.1) is 5.92 Å². The lowest BCUT2D eigenvalue weighted by atomic mass is 9.96. The van der Waals surface area contributed by atoms with Gasteiger partial charge in [0.2, 0.25) is 0 Å². The molecule has 1 atom stereocenters. The van der Waals surface area contributed by atoms with Crippen molar-refractivity contribution in [3.63, 3.8) is 0 Å². The maximum absolute atomic E-state index is 12.4. The van der Waals surface area contributed by atoms with Crippen molar-refractivity contribution in [3.05, 3.63) is 0 Å². The number of hydrogen-bond acceptors (Lipinski definition) is 4. The molecule has 4 nitrogen and oxygen atoms in total. The van der Waals surface area contributed by atoms with Gasteiger partial charge >= 0.3 is 12.1 Å². The molecule has 0 saturated carbocycles. The minimum absolute atomic E-state index is 0.0669. The van der Waals surface area contributed by atoms with Gasteiger partial charge in [0.15, 0.2) is 0 Å². The monoisotopic (exact) mass is 254 g/mol. The summed E-state index contributed by atoms with van der Waals surface area (Å²) in [5.74, 6) is -1.77. The van der Waals surface area contributed by atoms with Gasteiger partial charge in [0.25, 0.3) is 0 Å². The summed E-state index contributed by atoms with van der Waals surface area (Å²) in [5.41, 5.74) is 5.54. The predicted octanol–water partition coefficient (Wildman–Crippen LogP) is 0.761. The molecule has 1 rings (SSSR count). The average molecular weight is 254 g/mol. The average Bonchev–Trinajstić information content (AvgIpc) is 2.27. The van der Waals surface area contributed by atoms with Gasteiger partial charge < -0.3 is 15.4 Å². The number of likely N-dealkylation sites (tertiary alicyclic amines) is 1. The van der Waals surface area contributed by atoms with Crippen LogP contribution < -0.4 is 5.73 Å². The summed E-state index contributed by atoms with van der Waals surface area (Å²) in [7, 11) is 1.23. The van der Waals surface area contributed by atoms with E-state index in [2.05, 4.69) is 4.74 Å². The van der Waals surface area contributed by atoms with Crippen LogP contribution in [0.15, 0.2) is 0 Å². The number of esters is 1. The van der Waals surface area contributed by atoms with E-state index in [1.54, 1.807) is 4.90 Å². The van der Waals surface area contributed by atoms with Crippen molar-refractivity contribution in [1.29, 1.82) is 0 Å². The zero-order chi connectivity index (χ0) is 13.1. The highest BCUT2D eigenvalue weighted by atomic mass is 19.4. The van der Waals surface area contributed by atoms with E-state index >= 15 is 0 Å². The molecule has 100 valence electrons. The van der Waals surface area contributed by atoms with E-state index in [-0.39, 0.29) is 19.4 Å². The molecule has 0 aromatic carbocycles. The van der Waals surface area contributed by atoms with E-state index < -0.39 is 24.1 Å². The van der Waals surface area contributed by atoms with Crippen molar-refractivity contribution in [2.45, 2.75) is 25.1 Å². The minimum atomic E-state index is -4.11. The summed E-state index contributed by atoms with van der Waals surface area (Å²) in [6.45, 7) is 0.876. The first-order valence-electron chi connectivity index (χ1n) is 5.47. The van der Waals surface area contributed by atoms with Crippen molar-refractivity contribution in [3.8, 4) is 0 Å². The summed E-state index contributed by atoms with van der Waals surface area (Å²) >= 11 is 0. The Hall–Kier alpha value is -0.820. The fraction of sp³-hybridized carbons (Fsp3) is 0.900. The first-order valence-corrected chi connectivity index (χ1v) is 5.47. The standard InChI is InChI=1S/C10H17F3N2O2/c1-17-9(16)8(14)6-15-4-2-7(3-5-15)10(11,12)13/h7-8H,2-6,14H2,1H3. The van der Waals surface area contributed by atoms with Crippen molar-refractivity contribution in [1.82, 2.24) is 4.90 Å². The number of carbonyl (C=O) groups excluding carboxylic acids is 1. The molecule has 1 aliphatic heterocycles. The van der Waals surface area contributed by atoms with Crippen molar-refractivity contribution < 1.29 is 22.7 Å². The Morgan fingerprint density at radius 2 is 2.00 bits per heavy atom. The summed E-state index contributed by atoms with van der Waals surface area (Å²) in [4.78, 5) is 12.8. The number of ether oxygens (including phenoxy) is 1. The van der Waals surface area contributed by atoms with Gasteiger partial charge in [-0.15, -0.1) is 0 Å². The molecule has 1 saturated heterocycles. The Morgan fingerprint density at radius 3 is 2.41 bits per heavy atom. The largest absolute Gasteiger partial charge is 0.468 e. The number of alkyl halides is 3. The summed E-state index contributed by atoms with van der Waals surface area (Å²) < 4.78 is 41.6. The van der Waals surface area contributed by atoms with Gasteiger partial charge in [-0.1, -0.05) is 0 Å². The Balaban J connectivity index is 2.35. The predicted molar refractivity (Wildman–Crippen MR) is 55.2 cm³/mol. The van der Waals surface area contributed by atoms with Gasteiger partial charge in [0, 0.05) is 6.54 Å². The first-order chi connectivity index (χ1) is 7.84. The molecule has 1 unspecified atom stereocenters. The van der Waals surface area contributed by atoms with Crippen LogP contribution in [0.4, 0.5) is 13.2 Å². The zero-order valence-corrected chi connectivity index (χ0v) is 9.67. The van der Waals surface area contributed by atoms with E-state index in [9.17, 15) is 18.0 Å². The molecular weight excluding hydrogens is 237 g/mol. The molecule has 0 amide bonds. The Labute approximate surface area is 97.9 Å². The minimum Gasteiger partial charge on any atom is -0.468 e. The van der Waals surface area contributed by atoms with Crippen LogP contribution in [0.3, 0.4) is 0 Å². The van der Waals surface area contributed by atoms with Gasteiger partial charge in [-0.3, -0.25) is 4.79 Å². The maximum atomic E-state index is 12.4. The Morgan fingerprint density at radius 1 is 1.47 bits per heavy atom. The lowest BCUT2D eigenvalue weighted by Crippen LogP contribution is -2.47. The summed E-state index contributed by atoms with van der Waals surface area (Å²) in [6, 6.07) is -0.789. The quantitative estimate of drug-likeness (QED) is 0.755. The number of nitrogens with two attached hydrogens (primary N) is 1. The molecule has 0 radical (unpaired) electrons. The number of methoxy groups -OCH3 is 1. The molecule has 1 fully saturated rings. The van der Waals surface area contributed by atoms with Crippen LogP contribution in [0.5, 0.6) is 0 Å². The topological polar surface area (TPSA) is 55.6 Å². The van der Waals surface area contributed by atoms with Gasteiger partial charge in [-0.25, -0.2) is 0 Å². The highest BCUT2D eigenvalue weighted by molar-refractivity contribution is 5.75. The lowest BCUT2D eigenvalue weighted by molar-refractivity contribution is -0.185. The second kappa shape index (κ2) is 5.68. The zero-order valence-electron chi connectivity index (χ0n) is 9.67.